The van der Waals surface area contributed by atoms with Crippen LogP contribution in [0.1, 0.15) is 5.56 Å². The lowest BCUT2D eigenvalue weighted by Crippen LogP contribution is -1.77. The predicted octanol–water partition coefficient (Wildman–Crippen LogP) is 4.26. The summed E-state index contributed by atoms with van der Waals surface area (Å²) in [6.07, 6.45) is 0. The predicted molar refractivity (Wildman–Crippen MR) is 68.5 cm³/mol. The topological polar surface area (TPSA) is 4.93 Å². The maximum absolute atomic E-state index is 3.60. The minimum Gasteiger partial charge on any atom is -0.276 e. The molecule has 1 aromatic heterocycles. The molecule has 0 aliphatic rings. The van der Waals surface area contributed by atoms with Crippen molar-refractivity contribution in [1.29, 1.82) is 0 Å². The third-order valence-electron chi connectivity index (χ3n) is 2.85. The molecule has 0 saturated heterocycles. The van der Waals surface area contributed by atoms with Gasteiger partial charge in [0.25, 0.3) is 0 Å². The lowest BCUT2D eigenvalue weighted by molar-refractivity contribution is 1.45. The van der Waals surface area contributed by atoms with Crippen molar-refractivity contribution in [3.05, 3.63) is 48.0 Å². The SMILES string of the molecule is Cc1cccc2c1c1ccccc1n2Br. The van der Waals surface area contributed by atoms with Gasteiger partial charge in [-0.15, -0.1) is 0 Å². The molecule has 0 aliphatic heterocycles. The number of hydrogen-bond donors (Lipinski definition) is 0. The van der Waals surface area contributed by atoms with Gasteiger partial charge in [-0.25, -0.2) is 0 Å². The normalized spacial score (nSPS) is 11.3. The zero-order valence-electron chi connectivity index (χ0n) is 8.37. The molecule has 0 radical (unpaired) electrons. The Labute approximate surface area is 96.7 Å². The van der Waals surface area contributed by atoms with E-state index < -0.39 is 0 Å². The Morgan fingerprint density at radius 1 is 0.933 bits per heavy atom. The molecule has 0 saturated carbocycles. The molecule has 1 heterocycles. The highest BCUT2D eigenvalue weighted by molar-refractivity contribution is 9.08. The second-order valence-corrected chi connectivity index (χ2v) is 4.48. The van der Waals surface area contributed by atoms with Crippen molar-refractivity contribution >= 4 is 38.0 Å². The van der Waals surface area contributed by atoms with Crippen LogP contribution in [0.2, 0.25) is 0 Å². The average molecular weight is 260 g/mol. The summed E-state index contributed by atoms with van der Waals surface area (Å²) in [6.45, 7) is 2.15. The van der Waals surface area contributed by atoms with E-state index in [1.165, 1.54) is 27.4 Å². The van der Waals surface area contributed by atoms with E-state index in [9.17, 15) is 0 Å². The number of rotatable bonds is 0. The Morgan fingerprint density at radius 3 is 2.53 bits per heavy atom. The molecule has 1 nitrogen and oxygen atoms in total. The molecule has 0 aliphatic carbocycles. The first-order valence-electron chi connectivity index (χ1n) is 4.94. The second kappa shape index (κ2) is 3.11. The Kier molecular flexibility index (Phi) is 1.86. The molecule has 3 aromatic rings. The number of hydrogen-bond acceptors (Lipinski definition) is 0. The Bertz CT molecular complexity index is 652. The van der Waals surface area contributed by atoms with E-state index in [0.717, 1.165) is 0 Å². The molecule has 0 N–H and O–H groups in total. The van der Waals surface area contributed by atoms with Crippen LogP contribution < -0.4 is 0 Å². The van der Waals surface area contributed by atoms with Gasteiger partial charge in [0, 0.05) is 10.8 Å². The summed E-state index contributed by atoms with van der Waals surface area (Å²) < 4.78 is 2.07. The molecule has 0 fully saturated rings. The van der Waals surface area contributed by atoms with Crippen LogP contribution in [0.25, 0.3) is 21.8 Å². The summed E-state index contributed by atoms with van der Waals surface area (Å²) >= 11 is 3.60. The molecule has 0 unspecified atom stereocenters. The summed E-state index contributed by atoms with van der Waals surface area (Å²) in [6, 6.07) is 14.8. The first-order chi connectivity index (χ1) is 7.29. The van der Waals surface area contributed by atoms with E-state index in [2.05, 4.69) is 69.1 Å². The van der Waals surface area contributed by atoms with Crippen LogP contribution in [0.15, 0.2) is 42.5 Å². The molecule has 3 rings (SSSR count). The summed E-state index contributed by atoms with van der Waals surface area (Å²) in [4.78, 5) is 0. The van der Waals surface area contributed by atoms with E-state index >= 15 is 0 Å². The van der Waals surface area contributed by atoms with E-state index in [4.69, 9.17) is 0 Å². The number of fused-ring (bicyclic) bond motifs is 3. The third-order valence-corrected chi connectivity index (χ3v) is 3.61. The van der Waals surface area contributed by atoms with Gasteiger partial charge in [0.1, 0.15) is 0 Å². The lowest BCUT2D eigenvalue weighted by Gasteiger charge is -1.96. The van der Waals surface area contributed by atoms with Gasteiger partial charge in [-0.2, -0.15) is 0 Å². The van der Waals surface area contributed by atoms with Gasteiger partial charge in [-0.3, -0.25) is 3.59 Å². The molecular formula is C13H10BrN. The number of nitrogens with zero attached hydrogens (tertiary/aromatic N) is 1. The second-order valence-electron chi connectivity index (χ2n) is 3.77. The van der Waals surface area contributed by atoms with Crippen molar-refractivity contribution in [3.63, 3.8) is 0 Å². The van der Waals surface area contributed by atoms with Gasteiger partial charge in [-0.05, 0) is 24.6 Å². The maximum atomic E-state index is 3.60. The summed E-state index contributed by atoms with van der Waals surface area (Å²) in [5, 5.41) is 2.65. The van der Waals surface area contributed by atoms with E-state index in [1.807, 2.05) is 0 Å². The minimum atomic E-state index is 1.22. The van der Waals surface area contributed by atoms with Gasteiger partial charge < -0.3 is 0 Å². The van der Waals surface area contributed by atoms with Crippen LogP contribution >= 0.6 is 16.1 Å². The largest absolute Gasteiger partial charge is 0.276 e. The molecule has 0 atom stereocenters. The first kappa shape index (κ1) is 8.98. The van der Waals surface area contributed by atoms with Crippen molar-refractivity contribution in [2.75, 3.05) is 0 Å². The van der Waals surface area contributed by atoms with Crippen LogP contribution in [0.5, 0.6) is 0 Å². The number of para-hydroxylation sites is 1. The number of halogens is 1. The molecule has 74 valence electrons. The number of benzene rings is 2. The fourth-order valence-electron chi connectivity index (χ4n) is 2.15. The molecule has 15 heavy (non-hydrogen) atoms. The molecule has 0 bridgehead atoms. The zero-order valence-corrected chi connectivity index (χ0v) is 9.95. The van der Waals surface area contributed by atoms with E-state index in [-0.39, 0.29) is 0 Å². The van der Waals surface area contributed by atoms with Crippen molar-refractivity contribution in [2.45, 2.75) is 6.92 Å². The fraction of sp³-hybridized carbons (Fsp3) is 0.0769. The molecule has 0 amide bonds. The maximum Gasteiger partial charge on any atom is 0.0607 e. The first-order valence-corrected chi connectivity index (χ1v) is 5.65. The van der Waals surface area contributed by atoms with Crippen molar-refractivity contribution in [3.8, 4) is 0 Å². The van der Waals surface area contributed by atoms with Gasteiger partial charge in [0.2, 0.25) is 0 Å². The molecule has 2 aromatic carbocycles. The van der Waals surface area contributed by atoms with E-state index in [1.54, 1.807) is 0 Å². The van der Waals surface area contributed by atoms with Crippen LogP contribution in [0, 0.1) is 6.92 Å². The van der Waals surface area contributed by atoms with Crippen LogP contribution in [-0.4, -0.2) is 3.59 Å². The quantitative estimate of drug-likeness (QED) is 0.569. The number of aryl methyl sites for hydroxylation is 1. The van der Waals surface area contributed by atoms with Crippen LogP contribution in [-0.2, 0) is 0 Å². The van der Waals surface area contributed by atoms with Gasteiger partial charge >= 0.3 is 0 Å². The van der Waals surface area contributed by atoms with Gasteiger partial charge in [0.15, 0.2) is 0 Å². The highest BCUT2D eigenvalue weighted by atomic mass is 79.9. The molecule has 0 spiro atoms. The van der Waals surface area contributed by atoms with Crippen molar-refractivity contribution in [2.24, 2.45) is 0 Å². The minimum absolute atomic E-state index is 1.22. The number of aromatic nitrogens is 1. The highest BCUT2D eigenvalue weighted by Crippen LogP contribution is 2.32. The lowest BCUT2D eigenvalue weighted by atomic mass is 10.1. The van der Waals surface area contributed by atoms with Crippen molar-refractivity contribution in [1.82, 2.24) is 3.59 Å². The zero-order chi connectivity index (χ0) is 10.4. The Balaban J connectivity index is 2.70. The average Bonchev–Trinajstić information content (AvgIpc) is 2.55. The Morgan fingerprint density at radius 2 is 1.67 bits per heavy atom. The van der Waals surface area contributed by atoms with E-state index in [0.29, 0.717) is 0 Å². The standard InChI is InChI=1S/C13H10BrN/c1-9-5-4-8-12-13(9)10-6-2-3-7-11(10)15(12)14/h2-8H,1H3. The fourth-order valence-corrected chi connectivity index (χ4v) is 2.76. The van der Waals surface area contributed by atoms with Crippen molar-refractivity contribution < 1.29 is 0 Å². The summed E-state index contributed by atoms with van der Waals surface area (Å²) in [5.74, 6) is 0. The molecule has 2 heteroatoms. The Hall–Kier alpha value is -1.28. The smallest absolute Gasteiger partial charge is 0.0607 e. The van der Waals surface area contributed by atoms with Gasteiger partial charge in [-0.1, -0.05) is 30.3 Å². The van der Waals surface area contributed by atoms with Crippen LogP contribution in [0.3, 0.4) is 0 Å². The van der Waals surface area contributed by atoms with Crippen LogP contribution in [0.4, 0.5) is 0 Å². The third kappa shape index (κ3) is 1.15. The monoisotopic (exact) mass is 259 g/mol. The molecular weight excluding hydrogens is 250 g/mol. The highest BCUT2D eigenvalue weighted by Gasteiger charge is 2.09. The summed E-state index contributed by atoms with van der Waals surface area (Å²) in [7, 11) is 0. The van der Waals surface area contributed by atoms with Gasteiger partial charge in [0.05, 0.1) is 27.2 Å². The summed E-state index contributed by atoms with van der Waals surface area (Å²) in [5.41, 5.74) is 3.78.